The van der Waals surface area contributed by atoms with E-state index in [4.69, 9.17) is 14.7 Å². The normalized spacial score (nSPS) is 19.9. The molecule has 0 radical (unpaired) electrons. The maximum atomic E-state index is 14.2. The van der Waals surface area contributed by atoms with Crippen LogP contribution in [0.15, 0.2) is 36.5 Å². The molecule has 0 unspecified atom stereocenters. The van der Waals surface area contributed by atoms with Gasteiger partial charge in [0.25, 0.3) is 0 Å². The Labute approximate surface area is 229 Å². The summed E-state index contributed by atoms with van der Waals surface area (Å²) in [5.74, 6) is 0.178. The third-order valence-corrected chi connectivity index (χ3v) is 7.81. The van der Waals surface area contributed by atoms with Crippen LogP contribution < -0.4 is 15.4 Å². The van der Waals surface area contributed by atoms with E-state index in [9.17, 15) is 18.7 Å². The number of aliphatic hydroxyl groups excluding tert-OH is 1. The summed E-state index contributed by atoms with van der Waals surface area (Å²) < 4.78 is 35.9. The van der Waals surface area contributed by atoms with Crippen molar-refractivity contribution in [2.24, 2.45) is 0 Å². The van der Waals surface area contributed by atoms with E-state index in [1.165, 1.54) is 18.2 Å². The number of aromatic nitrogens is 4. The van der Waals surface area contributed by atoms with Crippen molar-refractivity contribution in [1.29, 1.82) is 0 Å². The quantitative estimate of drug-likeness (QED) is 0.314. The second kappa shape index (κ2) is 9.81. The average molecular weight is 549 g/mol. The van der Waals surface area contributed by atoms with E-state index in [2.05, 4.69) is 15.6 Å². The number of ether oxygens (including phenoxy) is 1. The third kappa shape index (κ3) is 4.43. The van der Waals surface area contributed by atoms with Crippen LogP contribution >= 0.6 is 0 Å². The molecule has 4 aromatic rings. The van der Waals surface area contributed by atoms with Crippen LogP contribution in [0.2, 0.25) is 0 Å². The molecule has 4 heterocycles. The van der Waals surface area contributed by atoms with E-state index in [1.807, 2.05) is 20.8 Å². The van der Waals surface area contributed by atoms with Gasteiger partial charge in [0, 0.05) is 12.2 Å². The molecule has 3 aromatic heterocycles. The van der Waals surface area contributed by atoms with Crippen LogP contribution in [0.3, 0.4) is 0 Å². The molecule has 1 aliphatic carbocycles. The smallest absolute Gasteiger partial charge is 0.235 e. The number of imidazole rings is 1. The lowest BCUT2D eigenvalue weighted by molar-refractivity contribution is -0.119. The number of carbonyl (C=O) groups excluding carboxylic acids is 1. The van der Waals surface area contributed by atoms with Gasteiger partial charge in [-0.3, -0.25) is 9.20 Å². The summed E-state index contributed by atoms with van der Waals surface area (Å²) in [6.07, 6.45) is 4.46. The molecule has 11 heteroatoms. The van der Waals surface area contributed by atoms with Crippen molar-refractivity contribution in [3.63, 3.8) is 0 Å². The average Bonchev–Trinajstić information content (AvgIpc) is 3.37. The molecule has 6 rings (SSSR count). The Hall–Kier alpha value is -4.12. The van der Waals surface area contributed by atoms with Gasteiger partial charge in [-0.2, -0.15) is 0 Å². The van der Waals surface area contributed by atoms with Gasteiger partial charge in [0.2, 0.25) is 5.91 Å². The zero-order chi connectivity index (χ0) is 28.2. The van der Waals surface area contributed by atoms with E-state index >= 15 is 0 Å². The molecule has 1 saturated carbocycles. The molecule has 0 saturated heterocycles. The Kier molecular flexibility index (Phi) is 6.41. The van der Waals surface area contributed by atoms with Gasteiger partial charge in [-0.1, -0.05) is 6.07 Å². The molecule has 40 heavy (non-hydrogen) atoms. The number of hydrogen-bond donors (Lipinski definition) is 3. The molecule has 1 fully saturated rings. The SMILES string of the molecule is Cc1nc2c(OCc3c(F)cccc3F)cccn2c1-c1nc2c(c(NC3CCC(O)CC3)n1)C(C)(C)C(=O)N2. The first-order chi connectivity index (χ1) is 19.1. The molecule has 2 aliphatic rings. The number of amides is 1. The van der Waals surface area contributed by atoms with Gasteiger partial charge in [-0.15, -0.1) is 0 Å². The predicted octanol–water partition coefficient (Wildman–Crippen LogP) is 4.90. The van der Waals surface area contributed by atoms with E-state index in [1.54, 1.807) is 22.7 Å². The monoisotopic (exact) mass is 548 g/mol. The molecule has 0 spiro atoms. The van der Waals surface area contributed by atoms with E-state index in [0.717, 1.165) is 12.8 Å². The van der Waals surface area contributed by atoms with Crippen LogP contribution in [0.5, 0.6) is 5.75 Å². The van der Waals surface area contributed by atoms with Crippen molar-refractivity contribution in [2.45, 2.75) is 70.6 Å². The summed E-state index contributed by atoms with van der Waals surface area (Å²) in [5.41, 5.74) is 1.36. The van der Waals surface area contributed by atoms with Crippen LogP contribution in [-0.4, -0.2) is 42.5 Å². The molecule has 1 aromatic carbocycles. The van der Waals surface area contributed by atoms with Crippen LogP contribution in [0, 0.1) is 18.6 Å². The van der Waals surface area contributed by atoms with Crippen LogP contribution in [-0.2, 0) is 16.8 Å². The number of pyridine rings is 1. The van der Waals surface area contributed by atoms with Crippen molar-refractivity contribution in [1.82, 2.24) is 19.4 Å². The minimum absolute atomic E-state index is 0.101. The van der Waals surface area contributed by atoms with Gasteiger partial charge >= 0.3 is 0 Å². The van der Waals surface area contributed by atoms with Gasteiger partial charge in [0.05, 0.1) is 28.3 Å². The summed E-state index contributed by atoms with van der Waals surface area (Å²) in [7, 11) is 0. The third-order valence-electron chi connectivity index (χ3n) is 7.81. The van der Waals surface area contributed by atoms with Gasteiger partial charge in [0.1, 0.15) is 35.6 Å². The van der Waals surface area contributed by atoms with E-state index in [0.29, 0.717) is 58.6 Å². The van der Waals surface area contributed by atoms with Crippen molar-refractivity contribution >= 4 is 23.2 Å². The Morgan fingerprint density at radius 1 is 1.10 bits per heavy atom. The Balaban J connectivity index is 1.40. The van der Waals surface area contributed by atoms with Gasteiger partial charge in [-0.05, 0) is 70.7 Å². The first-order valence-corrected chi connectivity index (χ1v) is 13.4. The first kappa shape index (κ1) is 26.1. The molecule has 0 atom stereocenters. The Bertz CT molecular complexity index is 1610. The number of fused-ring (bicyclic) bond motifs is 2. The number of benzene rings is 1. The number of nitrogens with zero attached hydrogens (tertiary/aromatic N) is 4. The number of nitrogens with one attached hydrogen (secondary N) is 2. The molecule has 1 amide bonds. The topological polar surface area (TPSA) is 114 Å². The molecular formula is C29H30F2N6O3. The number of rotatable bonds is 6. The minimum atomic E-state index is -0.831. The van der Waals surface area contributed by atoms with Crippen LogP contribution in [0.1, 0.15) is 56.4 Å². The second-order valence-electron chi connectivity index (χ2n) is 10.9. The second-order valence-corrected chi connectivity index (χ2v) is 10.9. The van der Waals surface area contributed by atoms with Crippen LogP contribution in [0.25, 0.3) is 17.2 Å². The van der Waals surface area contributed by atoms with Crippen molar-refractivity contribution < 1.29 is 23.4 Å². The maximum absolute atomic E-state index is 14.2. The fraction of sp³-hybridized carbons (Fsp3) is 0.379. The molecule has 208 valence electrons. The lowest BCUT2D eigenvalue weighted by atomic mass is 9.86. The summed E-state index contributed by atoms with van der Waals surface area (Å²) in [4.78, 5) is 27.2. The molecule has 0 bridgehead atoms. The summed E-state index contributed by atoms with van der Waals surface area (Å²) >= 11 is 0. The standard InChI is InChI=1S/C29H30F2N6O3/c1-15-23(37-13-5-8-21(27(37)32-15)40-14-18-19(30)6-4-7-20(18)31)26-34-24(33-16-9-11-17(38)12-10-16)22-25(35-26)36-28(39)29(22,2)3/h4-8,13,16-17,38H,9-12,14H2,1-3H3,(H2,33,34,35,36,39). The highest BCUT2D eigenvalue weighted by Crippen LogP contribution is 2.42. The lowest BCUT2D eigenvalue weighted by Gasteiger charge is -2.28. The molecule has 3 N–H and O–H groups in total. The summed E-state index contributed by atoms with van der Waals surface area (Å²) in [6.45, 7) is 5.19. The highest BCUT2D eigenvalue weighted by Gasteiger charge is 2.43. The largest absolute Gasteiger partial charge is 0.485 e. The summed E-state index contributed by atoms with van der Waals surface area (Å²) in [5, 5.41) is 16.4. The zero-order valence-electron chi connectivity index (χ0n) is 22.5. The number of hydrogen-bond acceptors (Lipinski definition) is 7. The fourth-order valence-corrected chi connectivity index (χ4v) is 5.50. The highest BCUT2D eigenvalue weighted by atomic mass is 19.1. The number of halogens is 2. The number of anilines is 2. The zero-order valence-corrected chi connectivity index (χ0v) is 22.5. The van der Waals surface area contributed by atoms with Gasteiger partial charge < -0.3 is 20.5 Å². The van der Waals surface area contributed by atoms with Gasteiger partial charge in [-0.25, -0.2) is 23.7 Å². The number of aryl methyl sites for hydroxylation is 1. The van der Waals surface area contributed by atoms with E-state index < -0.39 is 17.0 Å². The number of aliphatic hydroxyl groups is 1. The van der Waals surface area contributed by atoms with Crippen LogP contribution in [0.4, 0.5) is 20.4 Å². The first-order valence-electron chi connectivity index (χ1n) is 13.4. The summed E-state index contributed by atoms with van der Waals surface area (Å²) in [6, 6.07) is 7.21. The molecular weight excluding hydrogens is 518 g/mol. The Morgan fingerprint density at radius 2 is 1.82 bits per heavy atom. The Morgan fingerprint density at radius 3 is 2.55 bits per heavy atom. The molecule has 9 nitrogen and oxygen atoms in total. The van der Waals surface area contributed by atoms with Crippen molar-refractivity contribution in [3.05, 3.63) is 65.0 Å². The fourth-order valence-electron chi connectivity index (χ4n) is 5.50. The van der Waals surface area contributed by atoms with Crippen molar-refractivity contribution in [2.75, 3.05) is 10.6 Å². The lowest BCUT2D eigenvalue weighted by Crippen LogP contribution is -2.31. The number of carbonyl (C=O) groups is 1. The predicted molar refractivity (Wildman–Crippen MR) is 145 cm³/mol. The van der Waals surface area contributed by atoms with E-state index in [-0.39, 0.29) is 30.2 Å². The van der Waals surface area contributed by atoms with Crippen molar-refractivity contribution in [3.8, 4) is 17.3 Å². The van der Waals surface area contributed by atoms with Gasteiger partial charge in [0.15, 0.2) is 17.2 Å². The highest BCUT2D eigenvalue weighted by molar-refractivity contribution is 6.06. The molecule has 1 aliphatic heterocycles. The minimum Gasteiger partial charge on any atom is -0.485 e. The maximum Gasteiger partial charge on any atom is 0.235 e.